The highest BCUT2D eigenvalue weighted by Crippen LogP contribution is 2.25. The average Bonchev–Trinajstić information content (AvgIpc) is 2.59. The molecule has 0 radical (unpaired) electrons. The molecule has 0 saturated heterocycles. The van der Waals surface area contributed by atoms with Crippen molar-refractivity contribution in [2.24, 2.45) is 0 Å². The first kappa shape index (κ1) is 19.2. The number of amides is 1. The quantitative estimate of drug-likeness (QED) is 0.664. The number of alkyl halides is 2. The molecule has 2 rings (SSSR count). The third-order valence-corrected chi connectivity index (χ3v) is 4.54. The number of rotatable bonds is 7. The molecule has 0 bridgehead atoms. The predicted molar refractivity (Wildman–Crippen MR) is 99.5 cm³/mol. The van der Waals surface area contributed by atoms with Crippen LogP contribution in [0, 0.1) is 0 Å². The summed E-state index contributed by atoms with van der Waals surface area (Å²) in [6.07, 6.45) is 0. The minimum absolute atomic E-state index is 0.104. The van der Waals surface area contributed by atoms with Crippen molar-refractivity contribution in [2.45, 2.75) is 24.1 Å². The van der Waals surface area contributed by atoms with E-state index in [1.165, 1.54) is 0 Å². The van der Waals surface area contributed by atoms with Crippen molar-refractivity contribution in [1.82, 2.24) is 4.90 Å². The molecule has 1 amide bonds. The molecule has 0 N–H and O–H groups in total. The molecule has 6 heteroatoms. The molecule has 25 heavy (non-hydrogen) atoms. The van der Waals surface area contributed by atoms with E-state index in [2.05, 4.69) is 0 Å². The zero-order chi connectivity index (χ0) is 18.4. The molecular weight excluding hydrogens is 342 g/mol. The lowest BCUT2D eigenvalue weighted by Gasteiger charge is -2.22. The van der Waals surface area contributed by atoms with Crippen LogP contribution in [0.4, 0.5) is 14.5 Å². The third kappa shape index (κ3) is 5.46. The van der Waals surface area contributed by atoms with Gasteiger partial charge in [0.25, 0.3) is 11.7 Å². The minimum Gasteiger partial charge on any atom is -0.378 e. The van der Waals surface area contributed by atoms with Gasteiger partial charge in [-0.05, 0) is 48.9 Å². The molecule has 0 aliphatic rings. The van der Waals surface area contributed by atoms with E-state index in [9.17, 15) is 13.6 Å². The molecule has 2 aromatic carbocycles. The highest BCUT2D eigenvalue weighted by molar-refractivity contribution is 7.99. The second-order valence-corrected chi connectivity index (χ2v) is 6.85. The van der Waals surface area contributed by atoms with Crippen molar-refractivity contribution >= 4 is 23.4 Å². The molecule has 0 aliphatic heterocycles. The Balaban J connectivity index is 2.07. The van der Waals surface area contributed by atoms with E-state index in [1.54, 1.807) is 29.2 Å². The van der Waals surface area contributed by atoms with E-state index < -0.39 is 5.76 Å². The van der Waals surface area contributed by atoms with Gasteiger partial charge in [-0.1, -0.05) is 23.9 Å². The van der Waals surface area contributed by atoms with Gasteiger partial charge < -0.3 is 9.80 Å². The SMILES string of the molecule is CCN(Cc1ccc(N(C)C)cc1)C(=O)c1ccc(SC(F)F)cc1. The number of hydrogen-bond acceptors (Lipinski definition) is 3. The second-order valence-electron chi connectivity index (χ2n) is 5.78. The van der Waals surface area contributed by atoms with E-state index in [0.717, 1.165) is 11.3 Å². The summed E-state index contributed by atoms with van der Waals surface area (Å²) in [5, 5.41) is 0. The fraction of sp³-hybridized carbons (Fsp3) is 0.316. The van der Waals surface area contributed by atoms with Gasteiger partial charge in [-0.25, -0.2) is 0 Å². The van der Waals surface area contributed by atoms with Gasteiger partial charge in [0.1, 0.15) is 0 Å². The summed E-state index contributed by atoms with van der Waals surface area (Å²) < 4.78 is 24.7. The van der Waals surface area contributed by atoms with Crippen LogP contribution in [0.5, 0.6) is 0 Å². The summed E-state index contributed by atoms with van der Waals surface area (Å²) in [5.41, 5.74) is 2.65. The lowest BCUT2D eigenvalue weighted by molar-refractivity contribution is 0.0752. The smallest absolute Gasteiger partial charge is 0.288 e. The molecule has 0 heterocycles. The number of anilines is 1. The number of carbonyl (C=O) groups excluding carboxylic acids is 1. The number of carbonyl (C=O) groups is 1. The average molecular weight is 364 g/mol. The topological polar surface area (TPSA) is 23.6 Å². The van der Waals surface area contributed by atoms with Crippen LogP contribution in [0.25, 0.3) is 0 Å². The van der Waals surface area contributed by atoms with Crippen LogP contribution in [-0.2, 0) is 6.54 Å². The van der Waals surface area contributed by atoms with Crippen LogP contribution < -0.4 is 4.90 Å². The molecule has 2 aromatic rings. The van der Waals surface area contributed by atoms with Crippen LogP contribution in [0.15, 0.2) is 53.4 Å². The van der Waals surface area contributed by atoms with Gasteiger partial charge in [0.05, 0.1) is 0 Å². The van der Waals surface area contributed by atoms with Crippen molar-refractivity contribution in [3.63, 3.8) is 0 Å². The van der Waals surface area contributed by atoms with E-state index in [1.807, 2.05) is 50.2 Å². The molecule has 0 fully saturated rings. The number of thioether (sulfide) groups is 1. The van der Waals surface area contributed by atoms with E-state index in [4.69, 9.17) is 0 Å². The van der Waals surface area contributed by atoms with Crippen molar-refractivity contribution in [1.29, 1.82) is 0 Å². The standard InChI is InChI=1S/C19H22F2N2OS/c1-4-23(13-14-5-9-16(10-6-14)22(2)3)18(24)15-7-11-17(12-8-15)25-19(20)21/h5-12,19H,4,13H2,1-3H3. The number of benzene rings is 2. The number of halogens is 2. The maximum Gasteiger partial charge on any atom is 0.288 e. The Hall–Kier alpha value is -2.08. The molecule has 0 spiro atoms. The van der Waals surface area contributed by atoms with Crippen molar-refractivity contribution in [3.05, 3.63) is 59.7 Å². The van der Waals surface area contributed by atoms with E-state index >= 15 is 0 Å². The first-order chi connectivity index (χ1) is 11.9. The summed E-state index contributed by atoms with van der Waals surface area (Å²) in [6.45, 7) is 3.01. The highest BCUT2D eigenvalue weighted by atomic mass is 32.2. The summed E-state index contributed by atoms with van der Waals surface area (Å²) >= 11 is 0.477. The zero-order valence-corrected chi connectivity index (χ0v) is 15.4. The maximum absolute atomic E-state index is 12.7. The van der Waals surface area contributed by atoms with Crippen molar-refractivity contribution in [3.8, 4) is 0 Å². The van der Waals surface area contributed by atoms with Crippen LogP contribution in [-0.4, -0.2) is 37.2 Å². The van der Waals surface area contributed by atoms with Crippen molar-refractivity contribution in [2.75, 3.05) is 25.5 Å². The van der Waals surface area contributed by atoms with E-state index in [0.29, 0.717) is 35.3 Å². The fourth-order valence-corrected chi connectivity index (χ4v) is 2.91. The van der Waals surface area contributed by atoms with Gasteiger partial charge in [-0.2, -0.15) is 8.78 Å². The molecule has 0 atom stereocenters. The van der Waals surface area contributed by atoms with Crippen molar-refractivity contribution < 1.29 is 13.6 Å². The molecule has 0 aliphatic carbocycles. The second kappa shape index (κ2) is 8.85. The normalized spacial score (nSPS) is 10.8. The molecule has 0 unspecified atom stereocenters. The lowest BCUT2D eigenvalue weighted by Crippen LogP contribution is -2.30. The largest absolute Gasteiger partial charge is 0.378 e. The molecule has 0 saturated carbocycles. The van der Waals surface area contributed by atoms with Crippen LogP contribution >= 0.6 is 11.8 Å². The van der Waals surface area contributed by atoms with Gasteiger partial charge in [0.2, 0.25) is 0 Å². The molecule has 3 nitrogen and oxygen atoms in total. The number of nitrogens with zero attached hydrogens (tertiary/aromatic N) is 2. The Bertz CT molecular complexity index is 688. The van der Waals surface area contributed by atoms with Gasteiger partial charge in [-0.15, -0.1) is 0 Å². The minimum atomic E-state index is -2.46. The monoisotopic (exact) mass is 364 g/mol. The Kier molecular flexibility index (Phi) is 6.82. The molecule has 134 valence electrons. The predicted octanol–water partition coefficient (Wildman–Crippen LogP) is 4.73. The fourth-order valence-electron chi connectivity index (χ4n) is 2.41. The van der Waals surface area contributed by atoms with Gasteiger partial charge in [-0.3, -0.25) is 4.79 Å². The summed E-state index contributed by atoms with van der Waals surface area (Å²) in [7, 11) is 3.96. The van der Waals surface area contributed by atoms with Gasteiger partial charge >= 0.3 is 0 Å². The first-order valence-electron chi connectivity index (χ1n) is 8.01. The third-order valence-electron chi connectivity index (χ3n) is 3.82. The Labute approximate surface area is 151 Å². The first-order valence-corrected chi connectivity index (χ1v) is 8.89. The Morgan fingerprint density at radius 3 is 2.12 bits per heavy atom. The zero-order valence-electron chi connectivity index (χ0n) is 14.6. The Morgan fingerprint density at radius 1 is 1.04 bits per heavy atom. The Morgan fingerprint density at radius 2 is 1.64 bits per heavy atom. The maximum atomic E-state index is 12.7. The van der Waals surface area contributed by atoms with Crippen LogP contribution in [0.2, 0.25) is 0 Å². The highest BCUT2D eigenvalue weighted by Gasteiger charge is 2.15. The summed E-state index contributed by atoms with van der Waals surface area (Å²) in [4.78, 5) is 16.9. The van der Waals surface area contributed by atoms with Crippen LogP contribution in [0.1, 0.15) is 22.8 Å². The van der Waals surface area contributed by atoms with E-state index in [-0.39, 0.29) is 5.91 Å². The number of hydrogen-bond donors (Lipinski definition) is 0. The molecule has 0 aromatic heterocycles. The molecular formula is C19H22F2N2OS. The summed E-state index contributed by atoms with van der Waals surface area (Å²) in [5.74, 6) is -2.56. The van der Waals surface area contributed by atoms with Crippen LogP contribution in [0.3, 0.4) is 0 Å². The van der Waals surface area contributed by atoms with Gasteiger partial charge in [0, 0.05) is 43.3 Å². The van der Waals surface area contributed by atoms with Gasteiger partial charge in [0.15, 0.2) is 0 Å². The summed E-state index contributed by atoms with van der Waals surface area (Å²) in [6, 6.07) is 14.4. The lowest BCUT2D eigenvalue weighted by atomic mass is 10.1.